The van der Waals surface area contributed by atoms with E-state index in [4.69, 9.17) is 19.2 Å². The van der Waals surface area contributed by atoms with Gasteiger partial charge >= 0.3 is 0 Å². The number of hydrogen-bond acceptors (Lipinski definition) is 4. The maximum atomic E-state index is 5.60. The van der Waals surface area contributed by atoms with E-state index in [0.29, 0.717) is 19.8 Å². The fraction of sp³-hybridized carbons (Fsp3) is 0.667. The summed E-state index contributed by atoms with van der Waals surface area (Å²) in [6, 6.07) is 8.11. The topological polar surface area (TPSA) is 55.3 Å². The summed E-state index contributed by atoms with van der Waals surface area (Å²) < 4.78 is 16.0. The monoisotopic (exact) mass is 377 g/mol. The summed E-state index contributed by atoms with van der Waals surface area (Å²) in [6.07, 6.45) is 3.55. The zero-order valence-corrected chi connectivity index (χ0v) is 17.1. The molecule has 0 atom stereocenters. The van der Waals surface area contributed by atoms with Gasteiger partial charge in [-0.05, 0) is 49.8 Å². The highest BCUT2D eigenvalue weighted by Crippen LogP contribution is 2.18. The average molecular weight is 378 g/mol. The number of guanidine groups is 1. The minimum absolute atomic E-state index is 0.566. The lowest BCUT2D eigenvalue weighted by Gasteiger charge is -2.26. The predicted octanol–water partition coefficient (Wildman–Crippen LogP) is 2.93. The summed E-state index contributed by atoms with van der Waals surface area (Å²) in [5, 5.41) is 3.40. The molecule has 1 aliphatic heterocycles. The predicted molar refractivity (Wildman–Crippen MR) is 109 cm³/mol. The van der Waals surface area contributed by atoms with Crippen LogP contribution in [-0.2, 0) is 16.0 Å². The number of hydrogen-bond donors (Lipinski definition) is 1. The third-order valence-corrected chi connectivity index (χ3v) is 4.80. The average Bonchev–Trinajstić information content (AvgIpc) is 2.71. The van der Waals surface area contributed by atoms with E-state index in [1.165, 1.54) is 24.8 Å². The minimum Gasteiger partial charge on any atom is -0.491 e. The highest BCUT2D eigenvalue weighted by atomic mass is 16.5. The van der Waals surface area contributed by atoms with E-state index < -0.39 is 0 Å². The zero-order chi connectivity index (χ0) is 19.3. The van der Waals surface area contributed by atoms with Crippen molar-refractivity contribution in [1.29, 1.82) is 0 Å². The molecule has 0 amide bonds. The van der Waals surface area contributed by atoms with E-state index in [9.17, 15) is 0 Å². The van der Waals surface area contributed by atoms with E-state index in [2.05, 4.69) is 36.3 Å². The number of methoxy groups -OCH3 is 1. The fourth-order valence-corrected chi connectivity index (χ4v) is 3.09. The first-order valence-corrected chi connectivity index (χ1v) is 10.0. The second-order valence-electron chi connectivity index (χ2n) is 6.92. The zero-order valence-electron chi connectivity index (χ0n) is 17.1. The Morgan fingerprint density at radius 3 is 2.63 bits per heavy atom. The van der Waals surface area contributed by atoms with Gasteiger partial charge in [0.05, 0.1) is 13.2 Å². The number of aliphatic imine (C=N–C) groups is 1. The van der Waals surface area contributed by atoms with Crippen molar-refractivity contribution >= 4 is 5.96 Å². The highest BCUT2D eigenvalue weighted by Gasteiger charge is 2.15. The van der Waals surface area contributed by atoms with Gasteiger partial charge < -0.3 is 24.4 Å². The lowest BCUT2D eigenvalue weighted by Crippen LogP contribution is -2.40. The van der Waals surface area contributed by atoms with Crippen molar-refractivity contribution in [3.05, 3.63) is 29.8 Å². The smallest absolute Gasteiger partial charge is 0.193 e. The molecule has 1 fully saturated rings. The van der Waals surface area contributed by atoms with E-state index in [0.717, 1.165) is 43.9 Å². The van der Waals surface area contributed by atoms with Crippen LogP contribution in [0.15, 0.2) is 29.3 Å². The molecule has 6 heteroatoms. The second-order valence-corrected chi connectivity index (χ2v) is 6.92. The Morgan fingerprint density at radius 2 is 1.96 bits per heavy atom. The van der Waals surface area contributed by atoms with E-state index in [1.54, 1.807) is 7.11 Å². The first-order chi connectivity index (χ1) is 13.2. The van der Waals surface area contributed by atoms with Crippen molar-refractivity contribution in [3.8, 4) is 5.75 Å². The van der Waals surface area contributed by atoms with Crippen LogP contribution in [0.3, 0.4) is 0 Å². The molecule has 0 radical (unpaired) electrons. The molecule has 1 aliphatic rings. The molecule has 0 unspecified atom stereocenters. The summed E-state index contributed by atoms with van der Waals surface area (Å²) in [4.78, 5) is 7.04. The molecule has 0 saturated carbocycles. The van der Waals surface area contributed by atoms with Gasteiger partial charge in [-0.25, -0.2) is 4.99 Å². The number of nitrogens with one attached hydrogen (secondary N) is 1. The van der Waals surface area contributed by atoms with Gasteiger partial charge in [-0.15, -0.1) is 0 Å². The molecule has 0 aromatic heterocycles. The van der Waals surface area contributed by atoms with E-state index in [1.807, 2.05) is 12.1 Å². The Labute approximate surface area is 163 Å². The van der Waals surface area contributed by atoms with Crippen LogP contribution in [0.2, 0.25) is 0 Å². The molecular formula is C21H35N3O3. The molecule has 0 bridgehead atoms. The van der Waals surface area contributed by atoms with Crippen LogP contribution in [0.4, 0.5) is 0 Å². The van der Waals surface area contributed by atoms with Gasteiger partial charge in [0, 0.05) is 40.5 Å². The summed E-state index contributed by atoms with van der Waals surface area (Å²) in [6.45, 7) is 7.63. The Kier molecular flexibility index (Phi) is 10.0. The summed E-state index contributed by atoms with van der Waals surface area (Å²) in [7, 11) is 3.79. The van der Waals surface area contributed by atoms with Gasteiger partial charge in [0.25, 0.3) is 0 Å². The maximum absolute atomic E-state index is 5.60. The highest BCUT2D eigenvalue weighted by molar-refractivity contribution is 5.79. The van der Waals surface area contributed by atoms with E-state index >= 15 is 0 Å². The normalized spacial score (nSPS) is 15.6. The molecule has 152 valence electrons. The van der Waals surface area contributed by atoms with Gasteiger partial charge in [-0.1, -0.05) is 12.1 Å². The molecule has 1 N–H and O–H groups in total. The Morgan fingerprint density at radius 1 is 1.22 bits per heavy atom. The molecule has 1 saturated heterocycles. The summed E-state index contributed by atoms with van der Waals surface area (Å²) in [5.41, 5.74) is 1.17. The molecule has 6 nitrogen and oxygen atoms in total. The Bertz CT molecular complexity index is 542. The van der Waals surface area contributed by atoms with Crippen LogP contribution in [0.5, 0.6) is 5.75 Å². The number of benzene rings is 1. The van der Waals surface area contributed by atoms with Gasteiger partial charge in [0.2, 0.25) is 0 Å². The van der Waals surface area contributed by atoms with Crippen LogP contribution in [-0.4, -0.2) is 64.5 Å². The molecule has 2 rings (SSSR count). The van der Waals surface area contributed by atoms with Crippen LogP contribution in [0, 0.1) is 5.92 Å². The quantitative estimate of drug-likeness (QED) is 0.386. The largest absolute Gasteiger partial charge is 0.491 e. The molecule has 27 heavy (non-hydrogen) atoms. The molecule has 1 aromatic rings. The molecule has 1 heterocycles. The molecule has 1 aromatic carbocycles. The Balaban J connectivity index is 1.83. The van der Waals surface area contributed by atoms with Crippen molar-refractivity contribution in [2.24, 2.45) is 10.9 Å². The van der Waals surface area contributed by atoms with Crippen LogP contribution >= 0.6 is 0 Å². The standard InChI is InChI=1S/C21H35N3O3/c1-4-22-21(24(2)12-9-18-10-13-26-14-11-18)23-17-19-5-7-20(8-6-19)27-16-15-25-3/h5-8,18H,4,9-17H2,1-3H3,(H,22,23). The van der Waals surface area contributed by atoms with Crippen molar-refractivity contribution in [3.63, 3.8) is 0 Å². The third-order valence-electron chi connectivity index (χ3n) is 4.80. The Hall–Kier alpha value is -1.79. The summed E-state index contributed by atoms with van der Waals surface area (Å²) >= 11 is 0. The van der Waals surface area contributed by atoms with Crippen LogP contribution in [0.25, 0.3) is 0 Å². The van der Waals surface area contributed by atoms with Crippen LogP contribution < -0.4 is 10.1 Å². The van der Waals surface area contributed by atoms with Crippen molar-refractivity contribution in [2.45, 2.75) is 32.7 Å². The first kappa shape index (κ1) is 21.5. The SMILES string of the molecule is CCNC(=NCc1ccc(OCCOC)cc1)N(C)CCC1CCOCC1. The van der Waals surface area contributed by atoms with Crippen molar-refractivity contribution < 1.29 is 14.2 Å². The van der Waals surface area contributed by atoms with Gasteiger partial charge in [-0.2, -0.15) is 0 Å². The number of ether oxygens (including phenoxy) is 3. The fourth-order valence-electron chi connectivity index (χ4n) is 3.09. The lowest BCUT2D eigenvalue weighted by atomic mass is 9.96. The lowest BCUT2D eigenvalue weighted by molar-refractivity contribution is 0.0625. The maximum Gasteiger partial charge on any atom is 0.193 e. The summed E-state index contributed by atoms with van der Waals surface area (Å²) in [5.74, 6) is 2.60. The molecular weight excluding hydrogens is 342 g/mol. The van der Waals surface area contributed by atoms with Crippen molar-refractivity contribution in [2.75, 3.05) is 53.7 Å². The van der Waals surface area contributed by atoms with Gasteiger partial charge in [0.1, 0.15) is 12.4 Å². The van der Waals surface area contributed by atoms with Crippen molar-refractivity contribution in [1.82, 2.24) is 10.2 Å². The minimum atomic E-state index is 0.566. The van der Waals surface area contributed by atoms with Gasteiger partial charge in [-0.3, -0.25) is 0 Å². The second kappa shape index (κ2) is 12.6. The number of rotatable bonds is 10. The van der Waals surface area contributed by atoms with Crippen LogP contribution in [0.1, 0.15) is 31.7 Å². The molecule has 0 aliphatic carbocycles. The van der Waals surface area contributed by atoms with E-state index in [-0.39, 0.29) is 0 Å². The van der Waals surface area contributed by atoms with Gasteiger partial charge in [0.15, 0.2) is 5.96 Å². The first-order valence-electron chi connectivity index (χ1n) is 10.0. The number of nitrogens with zero attached hydrogens (tertiary/aromatic N) is 2. The third kappa shape index (κ3) is 8.18. The molecule has 0 spiro atoms.